The molecule has 0 spiro atoms. The maximum atomic E-state index is 12.2. The monoisotopic (exact) mass is 234 g/mol. The van der Waals surface area contributed by atoms with E-state index in [1.54, 1.807) is 29.7 Å². The average Bonchev–Trinajstić information content (AvgIpc) is 2.69. The van der Waals surface area contributed by atoms with Crippen molar-refractivity contribution in [2.45, 2.75) is 32.7 Å². The molecule has 0 fully saturated rings. The first-order chi connectivity index (χ1) is 8.01. The zero-order valence-electron chi connectivity index (χ0n) is 10.8. The molecular weight excluding hydrogens is 216 g/mol. The molecule has 1 aromatic heterocycles. The molecule has 1 heterocycles. The lowest BCUT2D eigenvalue weighted by atomic mass is 10.2. The van der Waals surface area contributed by atoms with Crippen molar-refractivity contribution in [1.29, 1.82) is 5.26 Å². The molecule has 1 atom stereocenters. The van der Waals surface area contributed by atoms with Crippen molar-refractivity contribution in [2.24, 2.45) is 7.05 Å². The number of amides is 1. The molecule has 0 aliphatic heterocycles. The summed E-state index contributed by atoms with van der Waals surface area (Å²) in [5, 5.41) is 12.9. The first kappa shape index (κ1) is 13.2. The molecule has 1 aromatic rings. The Morgan fingerprint density at radius 2 is 2.35 bits per heavy atom. The molecule has 5 heteroatoms. The van der Waals surface area contributed by atoms with Gasteiger partial charge >= 0.3 is 0 Å². The van der Waals surface area contributed by atoms with Crippen LogP contribution in [0.3, 0.4) is 0 Å². The summed E-state index contributed by atoms with van der Waals surface area (Å²) < 4.78 is 1.59. The van der Waals surface area contributed by atoms with Gasteiger partial charge in [0.05, 0.1) is 18.2 Å². The number of carbonyl (C=O) groups excluding carboxylic acids is 1. The highest BCUT2D eigenvalue weighted by atomic mass is 16.2. The fraction of sp³-hybridized carbons (Fsp3) is 0.583. The van der Waals surface area contributed by atoms with E-state index >= 15 is 0 Å². The Balaban J connectivity index is 2.88. The summed E-state index contributed by atoms with van der Waals surface area (Å²) in [7, 11) is 3.47. The Hall–Kier alpha value is -1.83. The van der Waals surface area contributed by atoms with Gasteiger partial charge < -0.3 is 4.90 Å². The Labute approximate surface area is 102 Å². The summed E-state index contributed by atoms with van der Waals surface area (Å²) in [6.45, 7) is 3.86. The number of aromatic nitrogens is 2. The van der Waals surface area contributed by atoms with E-state index in [-0.39, 0.29) is 11.9 Å². The molecule has 0 aliphatic rings. The highest BCUT2D eigenvalue weighted by Crippen LogP contribution is 2.10. The van der Waals surface area contributed by atoms with E-state index in [0.717, 1.165) is 12.1 Å². The molecule has 0 aliphatic carbocycles. The summed E-state index contributed by atoms with van der Waals surface area (Å²) in [6, 6.07) is 3.78. The second-order valence-electron chi connectivity index (χ2n) is 4.13. The van der Waals surface area contributed by atoms with Crippen LogP contribution in [0.4, 0.5) is 0 Å². The number of carbonyl (C=O) groups is 1. The van der Waals surface area contributed by atoms with Crippen molar-refractivity contribution >= 4 is 5.91 Å². The molecule has 0 N–H and O–H groups in total. The van der Waals surface area contributed by atoms with Crippen molar-refractivity contribution in [3.05, 3.63) is 17.5 Å². The van der Waals surface area contributed by atoms with E-state index in [9.17, 15) is 4.79 Å². The lowest BCUT2D eigenvalue weighted by Gasteiger charge is -2.22. The van der Waals surface area contributed by atoms with Crippen molar-refractivity contribution in [1.82, 2.24) is 14.7 Å². The SMILES string of the molecule is CCc1cc(C(=O)N(C)C(C)CC#N)n(C)n1. The van der Waals surface area contributed by atoms with Crippen molar-refractivity contribution in [3.8, 4) is 6.07 Å². The number of nitriles is 1. The van der Waals surface area contributed by atoms with E-state index in [4.69, 9.17) is 5.26 Å². The van der Waals surface area contributed by atoms with Gasteiger partial charge in [-0.05, 0) is 19.4 Å². The highest BCUT2D eigenvalue weighted by Gasteiger charge is 2.20. The van der Waals surface area contributed by atoms with Gasteiger partial charge in [0.15, 0.2) is 0 Å². The van der Waals surface area contributed by atoms with Crippen LogP contribution in [-0.2, 0) is 13.5 Å². The van der Waals surface area contributed by atoms with Gasteiger partial charge in [-0.2, -0.15) is 10.4 Å². The molecule has 1 rings (SSSR count). The van der Waals surface area contributed by atoms with Gasteiger partial charge in [0.25, 0.3) is 5.91 Å². The lowest BCUT2D eigenvalue weighted by Crippen LogP contribution is -2.35. The number of hydrogen-bond donors (Lipinski definition) is 0. The van der Waals surface area contributed by atoms with Crippen molar-refractivity contribution in [3.63, 3.8) is 0 Å². The fourth-order valence-electron chi connectivity index (χ4n) is 1.55. The number of hydrogen-bond acceptors (Lipinski definition) is 3. The topological polar surface area (TPSA) is 61.9 Å². The van der Waals surface area contributed by atoms with E-state index in [0.29, 0.717) is 12.1 Å². The van der Waals surface area contributed by atoms with Gasteiger partial charge in [-0.1, -0.05) is 6.92 Å². The molecule has 1 unspecified atom stereocenters. The summed E-state index contributed by atoms with van der Waals surface area (Å²) in [5.74, 6) is -0.0950. The lowest BCUT2D eigenvalue weighted by molar-refractivity contribution is 0.0735. The number of rotatable bonds is 4. The van der Waals surface area contributed by atoms with Crippen LogP contribution >= 0.6 is 0 Å². The van der Waals surface area contributed by atoms with E-state index in [1.807, 2.05) is 13.8 Å². The largest absolute Gasteiger partial charge is 0.337 e. The van der Waals surface area contributed by atoms with Crippen LogP contribution in [0.5, 0.6) is 0 Å². The summed E-state index contributed by atoms with van der Waals surface area (Å²) in [6.07, 6.45) is 1.14. The molecular formula is C12H18N4O. The van der Waals surface area contributed by atoms with E-state index in [2.05, 4.69) is 11.2 Å². The molecule has 0 radical (unpaired) electrons. The number of nitrogens with zero attached hydrogens (tertiary/aromatic N) is 4. The van der Waals surface area contributed by atoms with E-state index in [1.165, 1.54) is 0 Å². The van der Waals surface area contributed by atoms with Crippen LogP contribution in [-0.4, -0.2) is 33.7 Å². The van der Waals surface area contributed by atoms with Gasteiger partial charge in [0.2, 0.25) is 0 Å². The van der Waals surface area contributed by atoms with E-state index < -0.39 is 0 Å². The minimum Gasteiger partial charge on any atom is -0.337 e. The normalized spacial score (nSPS) is 11.9. The van der Waals surface area contributed by atoms with Gasteiger partial charge in [-0.25, -0.2) is 0 Å². The first-order valence-corrected chi connectivity index (χ1v) is 5.68. The minimum absolute atomic E-state index is 0.0903. The maximum Gasteiger partial charge on any atom is 0.272 e. The number of aryl methyl sites for hydroxylation is 2. The third kappa shape index (κ3) is 2.84. The van der Waals surface area contributed by atoms with Crippen molar-refractivity contribution in [2.75, 3.05) is 7.05 Å². The summed E-state index contributed by atoms with van der Waals surface area (Å²) in [5.41, 5.74) is 1.46. The molecule has 0 aromatic carbocycles. The predicted octanol–water partition coefficient (Wildman–Crippen LogP) is 1.36. The predicted molar refractivity (Wildman–Crippen MR) is 64.4 cm³/mol. The second-order valence-corrected chi connectivity index (χ2v) is 4.13. The average molecular weight is 234 g/mol. The van der Waals surface area contributed by atoms with Crippen LogP contribution in [0.15, 0.2) is 6.07 Å². The van der Waals surface area contributed by atoms with Crippen molar-refractivity contribution < 1.29 is 4.79 Å². The Kier molecular flexibility index (Phi) is 4.27. The molecule has 0 saturated carbocycles. The quantitative estimate of drug-likeness (QED) is 0.790. The van der Waals surface area contributed by atoms with Crippen LogP contribution in [0.2, 0.25) is 0 Å². The third-order valence-electron chi connectivity index (χ3n) is 2.88. The van der Waals surface area contributed by atoms with Crippen LogP contribution < -0.4 is 0 Å². The molecule has 1 amide bonds. The second kappa shape index (κ2) is 5.48. The van der Waals surface area contributed by atoms with Gasteiger partial charge in [0.1, 0.15) is 5.69 Å². The molecule has 0 saturated heterocycles. The zero-order valence-corrected chi connectivity index (χ0v) is 10.8. The Morgan fingerprint density at radius 3 is 2.82 bits per heavy atom. The molecule has 0 bridgehead atoms. The zero-order chi connectivity index (χ0) is 13.0. The smallest absolute Gasteiger partial charge is 0.272 e. The summed E-state index contributed by atoms with van der Waals surface area (Å²) in [4.78, 5) is 13.7. The maximum absolute atomic E-state index is 12.2. The minimum atomic E-state index is -0.0950. The van der Waals surface area contributed by atoms with Gasteiger partial charge in [0, 0.05) is 20.1 Å². The third-order valence-corrected chi connectivity index (χ3v) is 2.88. The van der Waals surface area contributed by atoms with Gasteiger partial charge in [-0.3, -0.25) is 9.48 Å². The molecule has 92 valence electrons. The van der Waals surface area contributed by atoms with Crippen LogP contribution in [0.25, 0.3) is 0 Å². The highest BCUT2D eigenvalue weighted by molar-refractivity contribution is 5.92. The fourth-order valence-corrected chi connectivity index (χ4v) is 1.55. The Bertz CT molecular complexity index is 444. The van der Waals surface area contributed by atoms with Gasteiger partial charge in [-0.15, -0.1) is 0 Å². The summed E-state index contributed by atoms with van der Waals surface area (Å²) >= 11 is 0. The Morgan fingerprint density at radius 1 is 1.71 bits per heavy atom. The first-order valence-electron chi connectivity index (χ1n) is 5.68. The molecule has 17 heavy (non-hydrogen) atoms. The standard InChI is InChI=1S/C12H18N4O/c1-5-10-8-11(16(4)14-10)12(17)15(3)9(2)6-7-13/h8-9H,5-6H2,1-4H3. The molecule has 5 nitrogen and oxygen atoms in total. The van der Waals surface area contributed by atoms with Crippen LogP contribution in [0.1, 0.15) is 36.5 Å². The van der Waals surface area contributed by atoms with Crippen LogP contribution in [0, 0.1) is 11.3 Å².